The molecule has 0 radical (unpaired) electrons. The first-order valence-electron chi connectivity index (χ1n) is 20.2. The summed E-state index contributed by atoms with van der Waals surface area (Å²) in [4.78, 5) is 51.7. The zero-order chi connectivity index (χ0) is 41.6. The van der Waals surface area contributed by atoms with Gasteiger partial charge in [0, 0.05) is 84.1 Å². The van der Waals surface area contributed by atoms with Crippen LogP contribution in [-0.4, -0.2) is 86.9 Å². The van der Waals surface area contributed by atoms with Crippen molar-refractivity contribution in [2.45, 2.75) is 82.7 Å². The maximum atomic E-state index is 13.3. The summed E-state index contributed by atoms with van der Waals surface area (Å²) in [6.07, 6.45) is 7.16. The molecular weight excluding hydrogens is 764 g/mol. The minimum atomic E-state index is -4.69. The first-order chi connectivity index (χ1) is 28.1. The summed E-state index contributed by atoms with van der Waals surface area (Å²) >= 11 is 0. The normalized spacial score (nSPS) is 19.8. The molecule has 3 aromatic heterocycles. The number of alkyl halides is 3. The molecule has 2 aliphatic heterocycles. The minimum absolute atomic E-state index is 0.194. The van der Waals surface area contributed by atoms with E-state index in [0.717, 1.165) is 92.1 Å². The van der Waals surface area contributed by atoms with Crippen LogP contribution in [-0.2, 0) is 16.6 Å². The number of aromatic nitrogens is 4. The lowest BCUT2D eigenvalue weighted by atomic mass is 9.85. The Bertz CT molecular complexity index is 2400. The molecule has 3 fully saturated rings. The largest absolute Gasteiger partial charge is 0.433 e. The highest BCUT2D eigenvalue weighted by molar-refractivity contribution is 6.10. The number of carbonyl (C=O) groups is 3. The number of imide groups is 1. The lowest BCUT2D eigenvalue weighted by Gasteiger charge is -2.40. The van der Waals surface area contributed by atoms with Gasteiger partial charge in [-0.05, 0) is 102 Å². The quantitative estimate of drug-likeness (QED) is 0.140. The molecule has 0 atom stereocenters. The van der Waals surface area contributed by atoms with Gasteiger partial charge in [0.2, 0.25) is 5.91 Å². The fraction of sp³-hybridized carbons (Fsp3) is 0.442. The lowest BCUT2D eigenvalue weighted by Crippen LogP contribution is -2.49. The third-order valence-electron chi connectivity index (χ3n) is 12.1. The fourth-order valence-corrected chi connectivity index (χ4v) is 8.86. The van der Waals surface area contributed by atoms with E-state index >= 15 is 0 Å². The van der Waals surface area contributed by atoms with Gasteiger partial charge in [0.25, 0.3) is 5.91 Å². The second kappa shape index (κ2) is 15.9. The highest BCUT2D eigenvalue weighted by atomic mass is 19.4. The number of fused-ring (bicyclic) bond motifs is 2. The minimum Gasteiger partial charge on any atom is -0.386 e. The van der Waals surface area contributed by atoms with Crippen LogP contribution >= 0.6 is 0 Å². The van der Waals surface area contributed by atoms with Crippen LogP contribution < -0.4 is 20.4 Å². The standard InChI is InChI=1S/C43H48F3N9O4/c1-42(2,59)33-21-35-28(20-36(33)49-40(57)34-5-4-6-38(48-34)43(44,45)46)25-55(51-35)30-9-7-26(8-10-30)24-52(3)29-13-16-53(17-14-29)31-11-12-32-27(19-31)22-47-23-37(32)54-18-15-39(56)50-41(54)58/h4-6,11-12,19-23,25-26,29-30,59H,7-10,13-18,24H2,1-3H3,(H,49,57)(H,50,56,58). The maximum absolute atomic E-state index is 13.3. The second-order valence-electron chi connectivity index (χ2n) is 16.6. The Morgan fingerprint density at radius 1 is 0.966 bits per heavy atom. The van der Waals surface area contributed by atoms with Gasteiger partial charge in [0.1, 0.15) is 11.4 Å². The number of hydrogen-bond donors (Lipinski definition) is 3. The second-order valence-corrected chi connectivity index (χ2v) is 16.6. The van der Waals surface area contributed by atoms with Crippen molar-refractivity contribution in [3.63, 3.8) is 0 Å². The predicted octanol–water partition coefficient (Wildman–Crippen LogP) is 7.26. The summed E-state index contributed by atoms with van der Waals surface area (Å²) in [7, 11) is 2.24. The number of piperidine rings is 1. The highest BCUT2D eigenvalue weighted by Gasteiger charge is 2.34. The van der Waals surface area contributed by atoms with E-state index in [-0.39, 0.29) is 29.8 Å². The molecule has 0 spiro atoms. The Labute approximate surface area is 339 Å². The number of anilines is 3. The van der Waals surface area contributed by atoms with E-state index in [1.807, 2.05) is 23.1 Å². The van der Waals surface area contributed by atoms with Gasteiger partial charge in [-0.15, -0.1) is 0 Å². The number of halogens is 3. The van der Waals surface area contributed by atoms with Crippen LogP contribution in [0.25, 0.3) is 21.7 Å². The molecule has 0 bridgehead atoms. The molecular formula is C43H48F3N9O4. The molecule has 1 aliphatic carbocycles. The van der Waals surface area contributed by atoms with Gasteiger partial charge in [-0.25, -0.2) is 9.78 Å². The Kier molecular flexibility index (Phi) is 10.8. The summed E-state index contributed by atoms with van der Waals surface area (Å²) in [6, 6.07) is 13.1. The third kappa shape index (κ3) is 8.60. The van der Waals surface area contributed by atoms with Crippen molar-refractivity contribution >= 4 is 56.6 Å². The van der Waals surface area contributed by atoms with Gasteiger partial charge in [0.05, 0.1) is 29.0 Å². The van der Waals surface area contributed by atoms with Crippen molar-refractivity contribution in [1.82, 2.24) is 30.0 Å². The molecule has 3 aliphatic rings. The van der Waals surface area contributed by atoms with Gasteiger partial charge >= 0.3 is 12.2 Å². The highest BCUT2D eigenvalue weighted by Crippen LogP contribution is 2.37. The van der Waals surface area contributed by atoms with Crippen molar-refractivity contribution in [3.05, 3.63) is 84.1 Å². The number of rotatable bonds is 9. The van der Waals surface area contributed by atoms with Gasteiger partial charge in [-0.1, -0.05) is 12.1 Å². The predicted molar refractivity (Wildman–Crippen MR) is 218 cm³/mol. The first kappa shape index (κ1) is 40.2. The van der Waals surface area contributed by atoms with Crippen LogP contribution in [0.15, 0.2) is 67.1 Å². The van der Waals surface area contributed by atoms with Gasteiger partial charge in [0.15, 0.2) is 0 Å². The SMILES string of the molecule is CN(CC1CCC(n2cc3cc(NC(=O)c4cccc(C(F)(F)F)n4)c(C(C)(C)O)cc3n2)CC1)C1CCN(c2ccc3c(N4CCC(=O)NC4=O)cncc3c2)CC1. The van der Waals surface area contributed by atoms with Crippen LogP contribution in [0, 0.1) is 5.92 Å². The van der Waals surface area contributed by atoms with E-state index in [1.54, 1.807) is 37.1 Å². The zero-order valence-electron chi connectivity index (χ0n) is 33.3. The topological polar surface area (TPSA) is 149 Å². The van der Waals surface area contributed by atoms with Crippen LogP contribution in [0.4, 0.5) is 35.0 Å². The van der Waals surface area contributed by atoms with Crippen LogP contribution in [0.3, 0.4) is 0 Å². The number of pyridine rings is 2. The van der Waals surface area contributed by atoms with Crippen LogP contribution in [0.2, 0.25) is 0 Å². The number of amides is 4. The molecule has 16 heteroatoms. The molecule has 8 rings (SSSR count). The average molecular weight is 812 g/mol. The van der Waals surface area contributed by atoms with Gasteiger partial charge in [-0.2, -0.15) is 18.3 Å². The molecule has 1 saturated carbocycles. The van der Waals surface area contributed by atoms with Crippen molar-refractivity contribution in [2.24, 2.45) is 5.92 Å². The Morgan fingerprint density at radius 2 is 1.73 bits per heavy atom. The molecule has 310 valence electrons. The molecule has 59 heavy (non-hydrogen) atoms. The monoisotopic (exact) mass is 811 g/mol. The smallest absolute Gasteiger partial charge is 0.386 e. The fourth-order valence-electron chi connectivity index (χ4n) is 8.86. The lowest BCUT2D eigenvalue weighted by molar-refractivity contribution is -0.141. The van der Waals surface area contributed by atoms with Gasteiger partial charge < -0.3 is 20.2 Å². The maximum Gasteiger partial charge on any atom is 0.433 e. The van der Waals surface area contributed by atoms with E-state index < -0.39 is 29.4 Å². The summed E-state index contributed by atoms with van der Waals surface area (Å²) in [5, 5.41) is 23.6. The molecule has 4 amide bonds. The average Bonchev–Trinajstić information content (AvgIpc) is 3.63. The van der Waals surface area contributed by atoms with E-state index in [9.17, 15) is 32.7 Å². The number of benzene rings is 2. The molecule has 2 aromatic carbocycles. The number of aliphatic hydroxyl groups is 1. The number of nitrogens with zero attached hydrogens (tertiary/aromatic N) is 7. The van der Waals surface area contributed by atoms with Crippen molar-refractivity contribution in [2.75, 3.05) is 48.3 Å². The Hall–Kier alpha value is -5.61. The van der Waals surface area contributed by atoms with Gasteiger partial charge in [-0.3, -0.25) is 29.5 Å². The molecule has 13 nitrogen and oxygen atoms in total. The van der Waals surface area contributed by atoms with E-state index in [4.69, 9.17) is 5.10 Å². The third-order valence-corrected chi connectivity index (χ3v) is 12.1. The summed E-state index contributed by atoms with van der Waals surface area (Å²) in [6.45, 7) is 6.38. The summed E-state index contributed by atoms with van der Waals surface area (Å²) in [5.74, 6) is -0.514. The molecule has 5 aromatic rings. The number of carbonyl (C=O) groups excluding carboxylic acids is 3. The Balaban J connectivity index is 0.860. The number of hydrogen-bond acceptors (Lipinski definition) is 9. The van der Waals surface area contributed by atoms with Crippen molar-refractivity contribution in [1.29, 1.82) is 0 Å². The van der Waals surface area contributed by atoms with Crippen molar-refractivity contribution < 1.29 is 32.7 Å². The molecule has 3 N–H and O–H groups in total. The van der Waals surface area contributed by atoms with Crippen LogP contribution in [0.5, 0.6) is 0 Å². The van der Waals surface area contributed by atoms with E-state index in [0.29, 0.717) is 35.3 Å². The zero-order valence-corrected chi connectivity index (χ0v) is 33.3. The van der Waals surface area contributed by atoms with Crippen molar-refractivity contribution in [3.8, 4) is 0 Å². The van der Waals surface area contributed by atoms with E-state index in [1.165, 1.54) is 6.07 Å². The summed E-state index contributed by atoms with van der Waals surface area (Å²) in [5.41, 5.74) is 0.234. The Morgan fingerprint density at radius 3 is 2.44 bits per heavy atom. The summed E-state index contributed by atoms with van der Waals surface area (Å²) < 4.78 is 41.8. The first-order valence-corrected chi connectivity index (χ1v) is 20.2. The number of urea groups is 1. The molecule has 5 heterocycles. The molecule has 0 unspecified atom stereocenters. The van der Waals surface area contributed by atoms with E-state index in [2.05, 4.69) is 49.6 Å². The van der Waals surface area contributed by atoms with Crippen LogP contribution in [0.1, 0.15) is 86.6 Å². The molecule has 2 saturated heterocycles. The number of nitrogens with one attached hydrogen (secondary N) is 2.